The Labute approximate surface area is 147 Å². The van der Waals surface area contributed by atoms with Gasteiger partial charge < -0.3 is 5.11 Å². The van der Waals surface area contributed by atoms with E-state index >= 15 is 0 Å². The summed E-state index contributed by atoms with van der Waals surface area (Å²) in [5, 5.41) is 11.2. The molecule has 0 aromatic heterocycles. The smallest absolute Gasteiger partial charge is 0.233 e. The molecule has 2 aromatic rings. The van der Waals surface area contributed by atoms with Gasteiger partial charge in [-0.2, -0.15) is 0 Å². The average Bonchev–Trinajstić information content (AvgIpc) is 2.59. The fraction of sp³-hybridized carbons (Fsp3) is 0.222. The van der Waals surface area contributed by atoms with Crippen molar-refractivity contribution in [3.63, 3.8) is 0 Å². The minimum Gasteiger partial charge on any atom is -0.387 e. The van der Waals surface area contributed by atoms with E-state index in [0.29, 0.717) is 5.56 Å². The highest BCUT2D eigenvalue weighted by Crippen LogP contribution is 2.19. The molecule has 6 heteroatoms. The molecule has 0 heterocycles. The molecule has 0 saturated heterocycles. The third kappa shape index (κ3) is 5.79. The molecular formula is C18H21NO3S2. The van der Waals surface area contributed by atoms with Crippen molar-refractivity contribution in [3.8, 4) is 0 Å². The molecule has 0 amide bonds. The highest BCUT2D eigenvalue weighted by molar-refractivity contribution is 7.98. The van der Waals surface area contributed by atoms with Crippen LogP contribution in [0, 0.1) is 6.92 Å². The summed E-state index contributed by atoms with van der Waals surface area (Å²) >= 11 is 1.61. The molecule has 0 saturated carbocycles. The second kappa shape index (κ2) is 8.48. The molecule has 0 fully saturated rings. The van der Waals surface area contributed by atoms with E-state index in [2.05, 4.69) is 4.72 Å². The van der Waals surface area contributed by atoms with Crippen LogP contribution in [0.15, 0.2) is 58.8 Å². The van der Waals surface area contributed by atoms with Crippen molar-refractivity contribution in [1.29, 1.82) is 0 Å². The highest BCUT2D eigenvalue weighted by atomic mass is 32.2. The number of rotatable bonds is 7. The van der Waals surface area contributed by atoms with Gasteiger partial charge in [-0.3, -0.25) is 0 Å². The molecule has 0 aliphatic carbocycles. The first kappa shape index (κ1) is 18.7. The molecule has 0 bridgehead atoms. The zero-order chi connectivity index (χ0) is 17.6. The van der Waals surface area contributed by atoms with Crippen molar-refractivity contribution in [2.45, 2.75) is 17.9 Å². The second-order valence-electron chi connectivity index (χ2n) is 5.40. The number of aliphatic hydroxyl groups excluding tert-OH is 1. The van der Waals surface area contributed by atoms with Crippen LogP contribution in [0.3, 0.4) is 0 Å². The Morgan fingerprint density at radius 1 is 1.12 bits per heavy atom. The molecule has 24 heavy (non-hydrogen) atoms. The first-order valence-electron chi connectivity index (χ1n) is 7.46. The van der Waals surface area contributed by atoms with Crippen molar-refractivity contribution in [2.75, 3.05) is 12.8 Å². The van der Waals surface area contributed by atoms with Crippen LogP contribution in [-0.2, 0) is 10.0 Å². The molecule has 1 atom stereocenters. The van der Waals surface area contributed by atoms with Crippen LogP contribution >= 0.6 is 11.8 Å². The lowest BCUT2D eigenvalue weighted by Crippen LogP contribution is -2.26. The molecule has 2 aromatic carbocycles. The third-order valence-electron chi connectivity index (χ3n) is 3.50. The van der Waals surface area contributed by atoms with E-state index in [0.717, 1.165) is 21.4 Å². The number of thioether (sulfide) groups is 1. The van der Waals surface area contributed by atoms with Crippen LogP contribution < -0.4 is 4.72 Å². The normalized spacial score (nSPS) is 13.3. The summed E-state index contributed by atoms with van der Waals surface area (Å²) in [6.45, 7) is 1.90. The van der Waals surface area contributed by atoms with Gasteiger partial charge in [0.25, 0.3) is 0 Å². The lowest BCUT2D eigenvalue weighted by atomic mass is 10.1. The number of aliphatic hydroxyl groups is 1. The first-order chi connectivity index (χ1) is 11.4. The fourth-order valence-corrected chi connectivity index (χ4v) is 3.26. The average molecular weight is 364 g/mol. The number of aryl methyl sites for hydroxylation is 1. The van der Waals surface area contributed by atoms with Crippen molar-refractivity contribution in [1.82, 2.24) is 4.72 Å². The van der Waals surface area contributed by atoms with Gasteiger partial charge in [0.2, 0.25) is 10.0 Å². The summed E-state index contributed by atoms with van der Waals surface area (Å²) in [5.41, 5.74) is 2.60. The van der Waals surface area contributed by atoms with Gasteiger partial charge in [-0.1, -0.05) is 42.0 Å². The zero-order valence-corrected chi connectivity index (χ0v) is 15.3. The predicted octanol–water partition coefficient (Wildman–Crippen LogP) is 3.34. The van der Waals surface area contributed by atoms with Crippen molar-refractivity contribution in [3.05, 3.63) is 70.6 Å². The zero-order valence-electron chi connectivity index (χ0n) is 13.6. The van der Waals surface area contributed by atoms with Crippen molar-refractivity contribution in [2.24, 2.45) is 0 Å². The van der Waals surface area contributed by atoms with E-state index in [9.17, 15) is 13.5 Å². The van der Waals surface area contributed by atoms with E-state index in [4.69, 9.17) is 0 Å². The van der Waals surface area contributed by atoms with Crippen LogP contribution in [0.1, 0.15) is 22.8 Å². The second-order valence-corrected chi connectivity index (χ2v) is 7.93. The van der Waals surface area contributed by atoms with Crippen LogP contribution in [0.2, 0.25) is 0 Å². The minimum absolute atomic E-state index is 0.0703. The standard InChI is InChI=1S/C18H21NO3S2/c1-14-3-5-15(6-4-14)11-12-24(21,22)19-13-18(20)16-7-9-17(23-2)10-8-16/h3-12,18-20H,13H2,1-2H3/b12-11+. The Morgan fingerprint density at radius 3 is 2.33 bits per heavy atom. The van der Waals surface area contributed by atoms with E-state index in [1.54, 1.807) is 23.9 Å². The van der Waals surface area contributed by atoms with E-state index in [1.165, 1.54) is 6.08 Å². The predicted molar refractivity (Wildman–Crippen MR) is 100 cm³/mol. The summed E-state index contributed by atoms with van der Waals surface area (Å²) in [4.78, 5) is 1.09. The maximum absolute atomic E-state index is 12.0. The number of hydrogen-bond donors (Lipinski definition) is 2. The first-order valence-corrected chi connectivity index (χ1v) is 10.2. The molecule has 128 valence electrons. The number of hydrogen-bond acceptors (Lipinski definition) is 4. The largest absolute Gasteiger partial charge is 0.387 e. The van der Waals surface area contributed by atoms with Crippen LogP contribution in [0.4, 0.5) is 0 Å². The molecule has 4 nitrogen and oxygen atoms in total. The summed E-state index contributed by atoms with van der Waals surface area (Å²) < 4.78 is 26.4. The Bertz CT molecular complexity index is 782. The Morgan fingerprint density at radius 2 is 1.75 bits per heavy atom. The Balaban J connectivity index is 1.94. The maximum atomic E-state index is 12.0. The van der Waals surface area contributed by atoms with E-state index in [1.807, 2.05) is 49.6 Å². The van der Waals surface area contributed by atoms with Crippen molar-refractivity contribution >= 4 is 27.9 Å². The molecule has 0 spiro atoms. The summed E-state index contributed by atoms with van der Waals surface area (Å²) in [5.74, 6) is 0. The lowest BCUT2D eigenvalue weighted by molar-refractivity contribution is 0.182. The summed E-state index contributed by atoms with van der Waals surface area (Å²) in [7, 11) is -3.60. The van der Waals surface area contributed by atoms with Crippen LogP contribution in [-0.4, -0.2) is 26.3 Å². The van der Waals surface area contributed by atoms with Gasteiger partial charge in [0.1, 0.15) is 0 Å². The Kier molecular flexibility index (Phi) is 6.62. The number of nitrogens with one attached hydrogen (secondary N) is 1. The van der Waals surface area contributed by atoms with Crippen LogP contribution in [0.25, 0.3) is 6.08 Å². The van der Waals surface area contributed by atoms with Crippen molar-refractivity contribution < 1.29 is 13.5 Å². The maximum Gasteiger partial charge on any atom is 0.233 e. The molecule has 2 N–H and O–H groups in total. The molecule has 0 aliphatic rings. The van der Waals surface area contributed by atoms with Gasteiger partial charge in [-0.05, 0) is 42.5 Å². The number of sulfonamides is 1. The van der Waals surface area contributed by atoms with Gasteiger partial charge >= 0.3 is 0 Å². The molecule has 0 radical (unpaired) electrons. The van der Waals surface area contributed by atoms with Crippen LogP contribution in [0.5, 0.6) is 0 Å². The quantitative estimate of drug-likeness (QED) is 0.741. The molecule has 0 aliphatic heterocycles. The summed E-state index contributed by atoms with van der Waals surface area (Å²) in [6.07, 6.45) is 2.62. The van der Waals surface area contributed by atoms with E-state index in [-0.39, 0.29) is 6.54 Å². The highest BCUT2D eigenvalue weighted by Gasteiger charge is 2.12. The monoisotopic (exact) mass is 363 g/mol. The number of benzene rings is 2. The molecular weight excluding hydrogens is 342 g/mol. The lowest BCUT2D eigenvalue weighted by Gasteiger charge is -2.11. The third-order valence-corrected chi connectivity index (χ3v) is 5.30. The van der Waals surface area contributed by atoms with Gasteiger partial charge in [-0.25, -0.2) is 13.1 Å². The van der Waals surface area contributed by atoms with Gasteiger partial charge in [-0.15, -0.1) is 11.8 Å². The van der Waals surface area contributed by atoms with Gasteiger partial charge in [0, 0.05) is 16.8 Å². The van der Waals surface area contributed by atoms with Gasteiger partial charge in [0.05, 0.1) is 6.10 Å². The topological polar surface area (TPSA) is 66.4 Å². The summed E-state index contributed by atoms with van der Waals surface area (Å²) in [6, 6.07) is 14.9. The fourth-order valence-electron chi connectivity index (χ4n) is 2.03. The van der Waals surface area contributed by atoms with E-state index < -0.39 is 16.1 Å². The Hall–Kier alpha value is -1.60. The molecule has 1 unspecified atom stereocenters. The molecule has 2 rings (SSSR count). The SMILES string of the molecule is CSc1ccc(C(O)CNS(=O)(=O)/C=C/c2ccc(C)cc2)cc1. The van der Waals surface area contributed by atoms with Gasteiger partial charge in [0.15, 0.2) is 0 Å². The minimum atomic E-state index is -3.60.